The third-order valence-corrected chi connectivity index (χ3v) is 4.53. The van der Waals surface area contributed by atoms with E-state index in [1.807, 2.05) is 12.1 Å². The van der Waals surface area contributed by atoms with Crippen LogP contribution >= 0.6 is 24.0 Å². The van der Waals surface area contributed by atoms with Crippen molar-refractivity contribution in [2.75, 3.05) is 20.6 Å². The molecule has 0 N–H and O–H groups in total. The molecule has 0 amide bonds. The molecular formula is C16H25Cl2N. The summed E-state index contributed by atoms with van der Waals surface area (Å²) in [6.07, 6.45) is 8.08. The predicted molar refractivity (Wildman–Crippen MR) is 86.6 cm³/mol. The monoisotopic (exact) mass is 301 g/mol. The molecule has 0 aliphatic heterocycles. The quantitative estimate of drug-likeness (QED) is 0.674. The number of halogens is 2. The van der Waals surface area contributed by atoms with Gasteiger partial charge in [0.15, 0.2) is 0 Å². The summed E-state index contributed by atoms with van der Waals surface area (Å²) >= 11 is 5.98. The Morgan fingerprint density at radius 3 is 2.21 bits per heavy atom. The summed E-state index contributed by atoms with van der Waals surface area (Å²) in [5.41, 5.74) is 1.97. The minimum atomic E-state index is 0. The largest absolute Gasteiger partial charge is 0.309 e. The molecular weight excluding hydrogens is 277 g/mol. The van der Waals surface area contributed by atoms with Crippen LogP contribution in [0, 0.1) is 0 Å². The molecule has 0 saturated heterocycles. The highest BCUT2D eigenvalue weighted by molar-refractivity contribution is 6.30. The highest BCUT2D eigenvalue weighted by Gasteiger charge is 2.37. The average Bonchev–Trinajstić information content (AvgIpc) is 2.28. The van der Waals surface area contributed by atoms with E-state index in [1.165, 1.54) is 50.6 Å². The Balaban J connectivity index is 0.00000180. The SMILES string of the molecule is CN(C)CCCCC1(c2ccc(Cl)cc2)CCC1.Cl. The molecule has 1 aromatic rings. The Bertz CT molecular complexity index is 369. The summed E-state index contributed by atoms with van der Waals surface area (Å²) in [6.45, 7) is 1.21. The van der Waals surface area contributed by atoms with Gasteiger partial charge < -0.3 is 4.90 Å². The van der Waals surface area contributed by atoms with Gasteiger partial charge in [0.2, 0.25) is 0 Å². The van der Waals surface area contributed by atoms with E-state index >= 15 is 0 Å². The first-order valence-electron chi connectivity index (χ1n) is 7.03. The normalized spacial score (nSPS) is 16.8. The van der Waals surface area contributed by atoms with Gasteiger partial charge in [-0.1, -0.05) is 36.6 Å². The van der Waals surface area contributed by atoms with Gasteiger partial charge >= 0.3 is 0 Å². The maximum absolute atomic E-state index is 5.98. The lowest BCUT2D eigenvalue weighted by molar-refractivity contribution is 0.216. The Labute approximate surface area is 128 Å². The first kappa shape index (κ1) is 16.8. The second-order valence-electron chi connectivity index (χ2n) is 5.90. The number of nitrogens with zero attached hydrogens (tertiary/aromatic N) is 1. The van der Waals surface area contributed by atoms with Crippen molar-refractivity contribution in [3.8, 4) is 0 Å². The fraction of sp³-hybridized carbons (Fsp3) is 0.625. The third kappa shape index (κ3) is 4.37. The van der Waals surface area contributed by atoms with Crippen LogP contribution in [0.5, 0.6) is 0 Å². The predicted octanol–water partition coefficient (Wildman–Crippen LogP) is 4.92. The van der Waals surface area contributed by atoms with E-state index in [2.05, 4.69) is 31.1 Å². The zero-order valence-corrected chi connectivity index (χ0v) is 13.6. The van der Waals surface area contributed by atoms with E-state index in [-0.39, 0.29) is 12.4 Å². The Morgan fingerprint density at radius 2 is 1.74 bits per heavy atom. The van der Waals surface area contributed by atoms with Gasteiger partial charge in [-0.15, -0.1) is 12.4 Å². The third-order valence-electron chi connectivity index (χ3n) is 4.28. The molecule has 0 heterocycles. The lowest BCUT2D eigenvalue weighted by Gasteiger charge is -2.43. The number of unbranched alkanes of at least 4 members (excludes halogenated alkanes) is 1. The topological polar surface area (TPSA) is 3.24 Å². The molecule has 0 spiro atoms. The van der Waals surface area contributed by atoms with E-state index < -0.39 is 0 Å². The van der Waals surface area contributed by atoms with E-state index in [1.54, 1.807) is 0 Å². The zero-order valence-electron chi connectivity index (χ0n) is 12.0. The van der Waals surface area contributed by atoms with Crippen LogP contribution in [-0.4, -0.2) is 25.5 Å². The second-order valence-corrected chi connectivity index (χ2v) is 6.34. The standard InChI is InChI=1S/C16H24ClN.ClH/c1-18(2)13-4-3-10-16(11-5-12-16)14-6-8-15(17)9-7-14;/h6-9H,3-5,10-13H2,1-2H3;1H. The molecule has 0 radical (unpaired) electrons. The van der Waals surface area contributed by atoms with Crippen molar-refractivity contribution >= 4 is 24.0 Å². The minimum Gasteiger partial charge on any atom is -0.309 e. The first-order valence-corrected chi connectivity index (χ1v) is 7.41. The molecule has 0 aromatic heterocycles. The molecule has 108 valence electrons. The molecule has 2 rings (SSSR count). The van der Waals surface area contributed by atoms with Gasteiger partial charge in [-0.3, -0.25) is 0 Å². The van der Waals surface area contributed by atoms with E-state index in [9.17, 15) is 0 Å². The molecule has 1 aliphatic rings. The number of hydrogen-bond donors (Lipinski definition) is 0. The van der Waals surface area contributed by atoms with Crippen molar-refractivity contribution in [3.63, 3.8) is 0 Å². The van der Waals surface area contributed by atoms with E-state index in [0.717, 1.165) is 5.02 Å². The summed E-state index contributed by atoms with van der Waals surface area (Å²) in [6, 6.07) is 8.54. The van der Waals surface area contributed by atoms with Gasteiger partial charge in [-0.25, -0.2) is 0 Å². The van der Waals surface area contributed by atoms with Crippen molar-refractivity contribution in [1.29, 1.82) is 0 Å². The highest BCUT2D eigenvalue weighted by Crippen LogP contribution is 2.47. The summed E-state index contributed by atoms with van der Waals surface area (Å²) in [4.78, 5) is 2.27. The fourth-order valence-electron chi connectivity index (χ4n) is 2.98. The van der Waals surface area contributed by atoms with Gasteiger partial charge in [0.05, 0.1) is 0 Å². The lowest BCUT2D eigenvalue weighted by atomic mass is 9.62. The molecule has 3 heteroatoms. The van der Waals surface area contributed by atoms with Crippen LogP contribution < -0.4 is 0 Å². The van der Waals surface area contributed by atoms with Crippen molar-refractivity contribution in [3.05, 3.63) is 34.9 Å². The summed E-state index contributed by atoms with van der Waals surface area (Å²) in [5, 5.41) is 0.848. The number of benzene rings is 1. The first-order chi connectivity index (χ1) is 8.62. The number of rotatable bonds is 6. The molecule has 1 aliphatic carbocycles. The maximum atomic E-state index is 5.98. The van der Waals surface area contributed by atoms with Crippen molar-refractivity contribution < 1.29 is 0 Å². The van der Waals surface area contributed by atoms with Crippen LogP contribution in [-0.2, 0) is 5.41 Å². The molecule has 1 nitrogen and oxygen atoms in total. The summed E-state index contributed by atoms with van der Waals surface area (Å²) in [5.74, 6) is 0. The molecule has 0 bridgehead atoms. The van der Waals surface area contributed by atoms with Crippen molar-refractivity contribution in [2.45, 2.75) is 43.9 Å². The van der Waals surface area contributed by atoms with Crippen LogP contribution in [0.4, 0.5) is 0 Å². The maximum Gasteiger partial charge on any atom is 0.0406 e. The van der Waals surface area contributed by atoms with Crippen molar-refractivity contribution in [2.24, 2.45) is 0 Å². The van der Waals surface area contributed by atoms with Crippen LogP contribution in [0.3, 0.4) is 0 Å². The number of hydrogen-bond acceptors (Lipinski definition) is 1. The summed E-state index contributed by atoms with van der Waals surface area (Å²) in [7, 11) is 4.30. The van der Waals surface area contributed by atoms with Gasteiger partial charge in [-0.05, 0) is 69.4 Å². The van der Waals surface area contributed by atoms with Gasteiger partial charge in [-0.2, -0.15) is 0 Å². The molecule has 1 fully saturated rings. The Kier molecular flexibility index (Phi) is 6.65. The van der Waals surface area contributed by atoms with Gasteiger partial charge in [0, 0.05) is 5.02 Å². The average molecular weight is 302 g/mol. The van der Waals surface area contributed by atoms with Crippen LogP contribution in [0.1, 0.15) is 44.1 Å². The fourth-order valence-corrected chi connectivity index (χ4v) is 3.11. The molecule has 1 aromatic carbocycles. The lowest BCUT2D eigenvalue weighted by Crippen LogP contribution is -2.34. The summed E-state index contributed by atoms with van der Waals surface area (Å²) < 4.78 is 0. The highest BCUT2D eigenvalue weighted by atomic mass is 35.5. The van der Waals surface area contributed by atoms with Gasteiger partial charge in [0.25, 0.3) is 0 Å². The van der Waals surface area contributed by atoms with Crippen LogP contribution in [0.15, 0.2) is 24.3 Å². The molecule has 19 heavy (non-hydrogen) atoms. The van der Waals surface area contributed by atoms with Gasteiger partial charge in [0.1, 0.15) is 0 Å². The Hall–Kier alpha value is -0.240. The van der Waals surface area contributed by atoms with E-state index in [4.69, 9.17) is 11.6 Å². The van der Waals surface area contributed by atoms with E-state index in [0.29, 0.717) is 5.41 Å². The molecule has 0 unspecified atom stereocenters. The smallest absolute Gasteiger partial charge is 0.0406 e. The zero-order chi connectivity index (χ0) is 13.0. The molecule has 0 atom stereocenters. The molecule has 1 saturated carbocycles. The van der Waals surface area contributed by atoms with Crippen LogP contribution in [0.2, 0.25) is 5.02 Å². The van der Waals surface area contributed by atoms with Crippen LogP contribution in [0.25, 0.3) is 0 Å². The minimum absolute atomic E-state index is 0. The van der Waals surface area contributed by atoms with Crippen molar-refractivity contribution in [1.82, 2.24) is 4.90 Å². The Morgan fingerprint density at radius 1 is 1.11 bits per heavy atom. The second kappa shape index (κ2) is 7.52.